The number of aryl methyl sites for hydroxylation is 1. The fourth-order valence-corrected chi connectivity index (χ4v) is 3.64. The summed E-state index contributed by atoms with van der Waals surface area (Å²) in [5.41, 5.74) is 8.56. The number of benzene rings is 1. The standard InChI is InChI=1S/C15H24BrN3/c1-11-5-6-14(13(16)7-11)19-9-12(8-17)18(4)10-15(19,2)3/h5-7,12H,8-10,17H2,1-4H3. The van der Waals surface area contributed by atoms with Crippen LogP contribution in [0, 0.1) is 6.92 Å². The Kier molecular flexibility index (Phi) is 4.23. The molecule has 0 amide bonds. The summed E-state index contributed by atoms with van der Waals surface area (Å²) in [7, 11) is 2.17. The molecule has 1 atom stereocenters. The van der Waals surface area contributed by atoms with E-state index in [1.807, 2.05) is 0 Å². The first-order valence-corrected chi connectivity index (χ1v) is 7.58. The number of likely N-dealkylation sites (N-methyl/N-ethyl adjacent to an activating group) is 1. The van der Waals surface area contributed by atoms with E-state index in [4.69, 9.17) is 5.73 Å². The molecule has 0 radical (unpaired) electrons. The lowest BCUT2D eigenvalue weighted by molar-refractivity contribution is 0.155. The molecule has 1 aliphatic heterocycles. The van der Waals surface area contributed by atoms with Gasteiger partial charge in [0.05, 0.1) is 5.69 Å². The average Bonchev–Trinajstić information content (AvgIpc) is 2.29. The second kappa shape index (κ2) is 5.43. The minimum absolute atomic E-state index is 0.109. The number of hydrogen-bond acceptors (Lipinski definition) is 3. The third kappa shape index (κ3) is 2.96. The molecule has 2 rings (SSSR count). The first-order chi connectivity index (χ1) is 8.85. The van der Waals surface area contributed by atoms with Crippen LogP contribution in [0.1, 0.15) is 19.4 Å². The van der Waals surface area contributed by atoms with Crippen molar-refractivity contribution in [1.29, 1.82) is 0 Å². The van der Waals surface area contributed by atoms with Crippen LogP contribution in [0.3, 0.4) is 0 Å². The van der Waals surface area contributed by atoms with Gasteiger partial charge in [0.15, 0.2) is 0 Å². The van der Waals surface area contributed by atoms with Crippen molar-refractivity contribution in [1.82, 2.24) is 4.90 Å². The van der Waals surface area contributed by atoms with Crippen LogP contribution in [0.25, 0.3) is 0 Å². The van der Waals surface area contributed by atoms with Crippen LogP contribution < -0.4 is 10.6 Å². The van der Waals surface area contributed by atoms with Crippen LogP contribution >= 0.6 is 15.9 Å². The molecule has 1 heterocycles. The molecule has 19 heavy (non-hydrogen) atoms. The molecule has 2 N–H and O–H groups in total. The van der Waals surface area contributed by atoms with Crippen molar-refractivity contribution in [3.8, 4) is 0 Å². The van der Waals surface area contributed by atoms with Crippen molar-refractivity contribution in [2.24, 2.45) is 5.73 Å². The van der Waals surface area contributed by atoms with E-state index < -0.39 is 0 Å². The van der Waals surface area contributed by atoms with Crippen LogP contribution in [-0.4, -0.2) is 43.2 Å². The Morgan fingerprint density at radius 2 is 2.11 bits per heavy atom. The van der Waals surface area contributed by atoms with Gasteiger partial charge in [0, 0.05) is 35.7 Å². The summed E-state index contributed by atoms with van der Waals surface area (Å²) in [4.78, 5) is 4.85. The maximum absolute atomic E-state index is 5.90. The average molecular weight is 326 g/mol. The SMILES string of the molecule is Cc1ccc(N2CC(CN)N(C)CC2(C)C)c(Br)c1. The topological polar surface area (TPSA) is 32.5 Å². The van der Waals surface area contributed by atoms with Crippen LogP contribution in [0.2, 0.25) is 0 Å². The molecule has 0 spiro atoms. The van der Waals surface area contributed by atoms with Crippen molar-refractivity contribution < 1.29 is 0 Å². The van der Waals surface area contributed by atoms with Gasteiger partial charge in [0.2, 0.25) is 0 Å². The van der Waals surface area contributed by atoms with E-state index in [0.29, 0.717) is 12.6 Å². The molecule has 106 valence electrons. The predicted octanol–water partition coefficient (Wildman–Crippen LogP) is 2.62. The van der Waals surface area contributed by atoms with Crippen LogP contribution in [0.5, 0.6) is 0 Å². The van der Waals surface area contributed by atoms with E-state index in [9.17, 15) is 0 Å². The quantitative estimate of drug-likeness (QED) is 0.907. The zero-order valence-corrected chi connectivity index (χ0v) is 13.9. The number of nitrogens with two attached hydrogens (primary N) is 1. The van der Waals surface area contributed by atoms with Gasteiger partial charge in [0.1, 0.15) is 0 Å². The van der Waals surface area contributed by atoms with Crippen molar-refractivity contribution in [2.75, 3.05) is 31.6 Å². The lowest BCUT2D eigenvalue weighted by atomic mass is 9.94. The Labute approximate surface area is 124 Å². The molecule has 0 saturated carbocycles. The van der Waals surface area contributed by atoms with Gasteiger partial charge >= 0.3 is 0 Å². The lowest BCUT2D eigenvalue weighted by Gasteiger charge is -2.51. The molecule has 0 aromatic heterocycles. The molecule has 3 nitrogen and oxygen atoms in total. The smallest absolute Gasteiger partial charge is 0.0516 e. The largest absolute Gasteiger partial charge is 0.363 e. The summed E-state index contributed by atoms with van der Waals surface area (Å²) < 4.78 is 1.17. The Hall–Kier alpha value is -0.580. The second-order valence-electron chi connectivity index (χ2n) is 6.18. The molecule has 1 saturated heterocycles. The van der Waals surface area contributed by atoms with Gasteiger partial charge in [-0.3, -0.25) is 4.90 Å². The third-order valence-corrected chi connectivity index (χ3v) is 4.68. The number of piperazine rings is 1. The van der Waals surface area contributed by atoms with Crippen molar-refractivity contribution in [3.63, 3.8) is 0 Å². The third-order valence-electron chi connectivity index (χ3n) is 4.05. The van der Waals surface area contributed by atoms with Gasteiger partial charge in [-0.1, -0.05) is 6.07 Å². The molecule has 1 fully saturated rings. The molecule has 1 unspecified atom stereocenters. The normalized spacial score (nSPS) is 23.7. The summed E-state index contributed by atoms with van der Waals surface area (Å²) in [5.74, 6) is 0. The maximum atomic E-state index is 5.90. The van der Waals surface area contributed by atoms with Gasteiger partial charge in [-0.25, -0.2) is 0 Å². The summed E-state index contributed by atoms with van der Waals surface area (Å²) >= 11 is 3.70. The fourth-order valence-electron chi connectivity index (χ4n) is 2.93. The van der Waals surface area contributed by atoms with Gasteiger partial charge < -0.3 is 10.6 Å². The molecule has 1 aromatic carbocycles. The van der Waals surface area contributed by atoms with E-state index in [1.54, 1.807) is 0 Å². The van der Waals surface area contributed by atoms with Gasteiger partial charge in [-0.05, 0) is 61.4 Å². The van der Waals surface area contributed by atoms with Crippen molar-refractivity contribution >= 4 is 21.6 Å². The summed E-state index contributed by atoms with van der Waals surface area (Å²) in [5, 5.41) is 0. The lowest BCUT2D eigenvalue weighted by Crippen LogP contribution is -2.64. The molecule has 1 aliphatic rings. The van der Waals surface area contributed by atoms with Crippen molar-refractivity contribution in [2.45, 2.75) is 32.4 Å². The zero-order chi connectivity index (χ0) is 14.2. The van der Waals surface area contributed by atoms with E-state index in [2.05, 4.69) is 71.7 Å². The molecule has 4 heteroatoms. The fraction of sp³-hybridized carbons (Fsp3) is 0.600. The number of hydrogen-bond donors (Lipinski definition) is 1. The van der Waals surface area contributed by atoms with Crippen LogP contribution in [0.4, 0.5) is 5.69 Å². The number of nitrogens with zero attached hydrogens (tertiary/aromatic N) is 2. The molecule has 1 aromatic rings. The number of halogens is 1. The Morgan fingerprint density at radius 1 is 1.42 bits per heavy atom. The predicted molar refractivity (Wildman–Crippen MR) is 85.8 cm³/mol. The molecule has 0 aliphatic carbocycles. The highest BCUT2D eigenvalue weighted by molar-refractivity contribution is 9.10. The number of anilines is 1. The Balaban J connectivity index is 2.35. The first kappa shape index (κ1) is 14.8. The van der Waals surface area contributed by atoms with E-state index in [1.165, 1.54) is 15.7 Å². The van der Waals surface area contributed by atoms with E-state index in [0.717, 1.165) is 13.1 Å². The highest BCUT2D eigenvalue weighted by atomic mass is 79.9. The molecule has 0 bridgehead atoms. The highest BCUT2D eigenvalue weighted by Gasteiger charge is 2.37. The second-order valence-corrected chi connectivity index (χ2v) is 7.04. The van der Waals surface area contributed by atoms with Gasteiger partial charge in [0.25, 0.3) is 0 Å². The Morgan fingerprint density at radius 3 is 2.68 bits per heavy atom. The summed E-state index contributed by atoms with van der Waals surface area (Å²) in [6, 6.07) is 6.98. The zero-order valence-electron chi connectivity index (χ0n) is 12.3. The molecular weight excluding hydrogens is 302 g/mol. The minimum Gasteiger partial charge on any atom is -0.363 e. The minimum atomic E-state index is 0.109. The van der Waals surface area contributed by atoms with Crippen LogP contribution in [-0.2, 0) is 0 Å². The first-order valence-electron chi connectivity index (χ1n) is 6.79. The molecular formula is C15H24BrN3. The monoisotopic (exact) mass is 325 g/mol. The van der Waals surface area contributed by atoms with Crippen molar-refractivity contribution in [3.05, 3.63) is 28.2 Å². The maximum Gasteiger partial charge on any atom is 0.0516 e. The Bertz CT molecular complexity index is 459. The summed E-state index contributed by atoms with van der Waals surface area (Å²) in [6.45, 7) is 9.40. The van der Waals surface area contributed by atoms with E-state index in [-0.39, 0.29) is 5.54 Å². The highest BCUT2D eigenvalue weighted by Crippen LogP contribution is 2.35. The van der Waals surface area contributed by atoms with Crippen LogP contribution in [0.15, 0.2) is 22.7 Å². The van der Waals surface area contributed by atoms with Gasteiger partial charge in [-0.2, -0.15) is 0 Å². The van der Waals surface area contributed by atoms with Gasteiger partial charge in [-0.15, -0.1) is 0 Å². The van der Waals surface area contributed by atoms with E-state index >= 15 is 0 Å². The summed E-state index contributed by atoms with van der Waals surface area (Å²) in [6.07, 6.45) is 0. The number of rotatable bonds is 2.